The SMILES string of the molecule is Cc1nc(NC(=O)CC(C)C)sc1Cc1ccccc1F. The van der Waals surface area contributed by atoms with E-state index in [0.717, 1.165) is 10.6 Å². The summed E-state index contributed by atoms with van der Waals surface area (Å²) in [5.74, 6) is 0.0656. The Bertz CT molecular complexity index is 637. The highest BCUT2D eigenvalue weighted by molar-refractivity contribution is 7.15. The van der Waals surface area contributed by atoms with Gasteiger partial charge in [-0.05, 0) is 24.5 Å². The fraction of sp³-hybridized carbons (Fsp3) is 0.375. The number of carbonyl (C=O) groups is 1. The molecule has 0 saturated carbocycles. The van der Waals surface area contributed by atoms with Gasteiger partial charge in [-0.25, -0.2) is 9.37 Å². The van der Waals surface area contributed by atoms with Crippen molar-refractivity contribution in [2.45, 2.75) is 33.6 Å². The standard InChI is InChI=1S/C16H19FN2OS/c1-10(2)8-15(20)19-16-18-11(3)14(21-16)9-12-6-4-5-7-13(12)17/h4-7,10H,8-9H2,1-3H3,(H,18,19,20). The van der Waals surface area contributed by atoms with Gasteiger partial charge in [0.05, 0.1) is 5.69 Å². The van der Waals surface area contributed by atoms with E-state index in [0.29, 0.717) is 29.5 Å². The lowest BCUT2D eigenvalue weighted by Gasteiger charge is -2.03. The lowest BCUT2D eigenvalue weighted by molar-refractivity contribution is -0.116. The number of benzene rings is 1. The third kappa shape index (κ3) is 4.36. The molecule has 0 aliphatic heterocycles. The largest absolute Gasteiger partial charge is 0.302 e. The van der Waals surface area contributed by atoms with Crippen molar-refractivity contribution in [3.05, 3.63) is 46.2 Å². The first kappa shape index (κ1) is 15.6. The van der Waals surface area contributed by atoms with Crippen LogP contribution >= 0.6 is 11.3 Å². The van der Waals surface area contributed by atoms with Gasteiger partial charge in [0.1, 0.15) is 5.82 Å². The van der Waals surface area contributed by atoms with E-state index in [1.807, 2.05) is 26.8 Å². The quantitative estimate of drug-likeness (QED) is 0.901. The number of thiazole rings is 1. The molecule has 112 valence electrons. The molecule has 0 aliphatic rings. The monoisotopic (exact) mass is 306 g/mol. The summed E-state index contributed by atoms with van der Waals surface area (Å²) in [6.07, 6.45) is 0.970. The van der Waals surface area contributed by atoms with Gasteiger partial charge in [0.15, 0.2) is 5.13 Å². The van der Waals surface area contributed by atoms with E-state index in [1.54, 1.807) is 12.1 Å². The summed E-state index contributed by atoms with van der Waals surface area (Å²) < 4.78 is 13.7. The van der Waals surface area contributed by atoms with Crippen molar-refractivity contribution in [2.24, 2.45) is 5.92 Å². The fourth-order valence-electron chi connectivity index (χ4n) is 2.00. The third-order valence-electron chi connectivity index (χ3n) is 3.04. The van der Waals surface area contributed by atoms with Crippen molar-refractivity contribution in [3.8, 4) is 0 Å². The molecule has 3 nitrogen and oxygen atoms in total. The molecule has 1 N–H and O–H groups in total. The van der Waals surface area contributed by atoms with Crippen LogP contribution in [0.1, 0.15) is 36.4 Å². The van der Waals surface area contributed by atoms with Crippen molar-refractivity contribution in [3.63, 3.8) is 0 Å². The first-order chi connectivity index (χ1) is 9.95. The number of nitrogens with one attached hydrogen (secondary N) is 1. The van der Waals surface area contributed by atoms with Gasteiger partial charge in [0.25, 0.3) is 0 Å². The number of halogens is 1. The number of carbonyl (C=O) groups excluding carboxylic acids is 1. The minimum Gasteiger partial charge on any atom is -0.302 e. The number of rotatable bonds is 5. The van der Waals surface area contributed by atoms with Gasteiger partial charge >= 0.3 is 0 Å². The second kappa shape index (κ2) is 6.80. The predicted molar refractivity (Wildman–Crippen MR) is 84.1 cm³/mol. The third-order valence-corrected chi connectivity index (χ3v) is 4.11. The van der Waals surface area contributed by atoms with Crippen LogP contribution in [0.2, 0.25) is 0 Å². The number of aryl methyl sites for hydroxylation is 1. The normalized spacial score (nSPS) is 10.9. The van der Waals surface area contributed by atoms with E-state index in [2.05, 4.69) is 10.3 Å². The molecule has 0 saturated heterocycles. The second-order valence-electron chi connectivity index (χ2n) is 5.44. The van der Waals surface area contributed by atoms with Crippen molar-refractivity contribution < 1.29 is 9.18 Å². The molecule has 1 heterocycles. The summed E-state index contributed by atoms with van der Waals surface area (Å²) in [5, 5.41) is 3.40. The van der Waals surface area contributed by atoms with E-state index in [4.69, 9.17) is 0 Å². The van der Waals surface area contributed by atoms with Crippen LogP contribution in [-0.2, 0) is 11.2 Å². The zero-order valence-corrected chi connectivity index (χ0v) is 13.3. The first-order valence-corrected chi connectivity index (χ1v) is 7.77. The molecule has 2 aromatic rings. The van der Waals surface area contributed by atoms with Gasteiger partial charge in [-0.2, -0.15) is 0 Å². The molecule has 0 spiro atoms. The molecule has 0 fully saturated rings. The number of aromatic nitrogens is 1. The van der Waals surface area contributed by atoms with E-state index in [-0.39, 0.29) is 11.7 Å². The van der Waals surface area contributed by atoms with Crippen LogP contribution in [0, 0.1) is 18.7 Å². The average Bonchev–Trinajstić information content (AvgIpc) is 2.71. The number of hydrogen-bond acceptors (Lipinski definition) is 3. The van der Waals surface area contributed by atoms with Crippen molar-refractivity contribution >= 4 is 22.4 Å². The Morgan fingerprint density at radius 1 is 1.38 bits per heavy atom. The molecule has 0 unspecified atom stereocenters. The van der Waals surface area contributed by atoms with E-state index in [9.17, 15) is 9.18 Å². The van der Waals surface area contributed by atoms with Crippen LogP contribution < -0.4 is 5.32 Å². The minimum absolute atomic E-state index is 0.0313. The molecule has 2 rings (SSSR count). The van der Waals surface area contributed by atoms with E-state index < -0.39 is 0 Å². The Morgan fingerprint density at radius 2 is 2.10 bits per heavy atom. The van der Waals surface area contributed by atoms with Crippen molar-refractivity contribution in [2.75, 3.05) is 5.32 Å². The van der Waals surface area contributed by atoms with Gasteiger partial charge in [0, 0.05) is 17.7 Å². The smallest absolute Gasteiger partial charge is 0.226 e. The maximum atomic E-state index is 13.7. The summed E-state index contributed by atoms with van der Waals surface area (Å²) >= 11 is 1.41. The van der Waals surface area contributed by atoms with Crippen LogP contribution in [0.15, 0.2) is 24.3 Å². The zero-order valence-electron chi connectivity index (χ0n) is 12.4. The fourth-order valence-corrected chi connectivity index (χ4v) is 3.00. The Hall–Kier alpha value is -1.75. The van der Waals surface area contributed by atoms with Gasteiger partial charge in [-0.15, -0.1) is 11.3 Å². The van der Waals surface area contributed by atoms with Gasteiger partial charge in [0.2, 0.25) is 5.91 Å². The Morgan fingerprint density at radius 3 is 2.76 bits per heavy atom. The Balaban J connectivity index is 2.09. The molecule has 1 aromatic heterocycles. The van der Waals surface area contributed by atoms with Crippen LogP contribution in [0.3, 0.4) is 0 Å². The van der Waals surface area contributed by atoms with Crippen LogP contribution in [-0.4, -0.2) is 10.9 Å². The average molecular weight is 306 g/mol. The summed E-state index contributed by atoms with van der Waals surface area (Å²) in [4.78, 5) is 17.1. The topological polar surface area (TPSA) is 42.0 Å². The Labute approximate surface area is 128 Å². The number of amides is 1. The zero-order chi connectivity index (χ0) is 15.4. The minimum atomic E-state index is -0.212. The highest BCUT2D eigenvalue weighted by Crippen LogP contribution is 2.26. The predicted octanol–water partition coefficient (Wildman–Crippen LogP) is 4.17. The van der Waals surface area contributed by atoms with Gasteiger partial charge < -0.3 is 5.32 Å². The van der Waals surface area contributed by atoms with E-state index in [1.165, 1.54) is 17.4 Å². The lowest BCUT2D eigenvalue weighted by Crippen LogP contribution is -2.13. The summed E-state index contributed by atoms with van der Waals surface area (Å²) in [6, 6.07) is 6.72. The highest BCUT2D eigenvalue weighted by atomic mass is 32.1. The molecule has 0 bridgehead atoms. The maximum Gasteiger partial charge on any atom is 0.226 e. The lowest BCUT2D eigenvalue weighted by atomic mass is 10.1. The number of hydrogen-bond donors (Lipinski definition) is 1. The summed E-state index contributed by atoms with van der Waals surface area (Å²) in [6.45, 7) is 5.87. The van der Waals surface area contributed by atoms with Crippen LogP contribution in [0.25, 0.3) is 0 Å². The number of nitrogens with zero attached hydrogens (tertiary/aromatic N) is 1. The maximum absolute atomic E-state index is 13.7. The summed E-state index contributed by atoms with van der Waals surface area (Å²) in [7, 11) is 0. The molecule has 1 aromatic carbocycles. The van der Waals surface area contributed by atoms with Crippen molar-refractivity contribution in [1.29, 1.82) is 0 Å². The molecular formula is C16H19FN2OS. The van der Waals surface area contributed by atoms with Crippen molar-refractivity contribution in [1.82, 2.24) is 4.98 Å². The van der Waals surface area contributed by atoms with Gasteiger partial charge in [-0.3, -0.25) is 4.79 Å². The van der Waals surface area contributed by atoms with Gasteiger partial charge in [-0.1, -0.05) is 32.0 Å². The molecule has 5 heteroatoms. The second-order valence-corrected chi connectivity index (χ2v) is 6.53. The van der Waals surface area contributed by atoms with E-state index >= 15 is 0 Å². The molecule has 0 atom stereocenters. The molecule has 21 heavy (non-hydrogen) atoms. The molecule has 1 amide bonds. The molecule has 0 aliphatic carbocycles. The highest BCUT2D eigenvalue weighted by Gasteiger charge is 2.13. The first-order valence-electron chi connectivity index (χ1n) is 6.95. The van der Waals surface area contributed by atoms with Crippen LogP contribution in [0.4, 0.5) is 9.52 Å². The summed E-state index contributed by atoms with van der Waals surface area (Å²) in [5.41, 5.74) is 1.48. The molecule has 0 radical (unpaired) electrons. The van der Waals surface area contributed by atoms with Crippen LogP contribution in [0.5, 0.6) is 0 Å². The number of anilines is 1. The Kier molecular flexibility index (Phi) is 5.07. The molecular weight excluding hydrogens is 287 g/mol.